The predicted molar refractivity (Wildman–Crippen MR) is 70.2 cm³/mol. The van der Waals surface area contributed by atoms with E-state index in [9.17, 15) is 9.18 Å². The lowest BCUT2D eigenvalue weighted by molar-refractivity contribution is 0.0600. The van der Waals surface area contributed by atoms with Gasteiger partial charge in [0.05, 0.1) is 12.7 Å². The summed E-state index contributed by atoms with van der Waals surface area (Å²) < 4.78 is 17.5. The number of nitrogens with two attached hydrogens (primary N) is 1. The second kappa shape index (κ2) is 5.27. The molecule has 0 bridgehead atoms. The topological polar surface area (TPSA) is 52.3 Å². The van der Waals surface area contributed by atoms with Crippen LogP contribution in [-0.4, -0.2) is 18.3 Å². The fourth-order valence-electron chi connectivity index (χ4n) is 1.58. The molecule has 1 aromatic rings. The number of anilines is 1. The van der Waals surface area contributed by atoms with E-state index in [0.29, 0.717) is 11.3 Å². The number of allylic oxidation sites excluding steroid dienone is 2. The van der Waals surface area contributed by atoms with Crippen LogP contribution in [0, 0.1) is 0 Å². The van der Waals surface area contributed by atoms with Crippen molar-refractivity contribution in [2.24, 2.45) is 0 Å². The van der Waals surface area contributed by atoms with Crippen molar-refractivity contribution in [1.82, 2.24) is 0 Å². The van der Waals surface area contributed by atoms with Gasteiger partial charge < -0.3 is 10.5 Å². The molecule has 0 fully saturated rings. The summed E-state index contributed by atoms with van der Waals surface area (Å²) in [6, 6.07) is 4.94. The maximum Gasteiger partial charge on any atom is 0.337 e. The van der Waals surface area contributed by atoms with Crippen molar-refractivity contribution in [3.05, 3.63) is 47.8 Å². The largest absolute Gasteiger partial charge is 0.465 e. The van der Waals surface area contributed by atoms with Gasteiger partial charge in [-0.15, -0.1) is 11.8 Å². The third kappa shape index (κ3) is 2.73. The number of esters is 1. The van der Waals surface area contributed by atoms with Gasteiger partial charge in [0.2, 0.25) is 0 Å². The number of rotatable bonds is 3. The lowest BCUT2D eigenvalue weighted by Crippen LogP contribution is -2.03. The molecule has 0 aromatic heterocycles. The van der Waals surface area contributed by atoms with E-state index in [-0.39, 0.29) is 11.1 Å². The highest BCUT2D eigenvalue weighted by Crippen LogP contribution is 2.33. The Labute approximate surface area is 109 Å². The Bertz CT molecular complexity index is 540. The normalized spacial score (nSPS) is 17.7. The van der Waals surface area contributed by atoms with E-state index >= 15 is 0 Å². The molecule has 1 unspecified atom stereocenters. The zero-order valence-electron chi connectivity index (χ0n) is 9.72. The molecule has 0 saturated heterocycles. The number of hydrogen-bond donors (Lipinski definition) is 1. The zero-order chi connectivity index (χ0) is 13.1. The van der Waals surface area contributed by atoms with Crippen LogP contribution in [0.1, 0.15) is 10.4 Å². The average Bonchev–Trinajstić information content (AvgIpc) is 2.76. The Balaban J connectivity index is 2.15. The van der Waals surface area contributed by atoms with Gasteiger partial charge in [-0.3, -0.25) is 0 Å². The smallest absolute Gasteiger partial charge is 0.337 e. The monoisotopic (exact) mass is 265 g/mol. The Hall–Kier alpha value is -1.75. The van der Waals surface area contributed by atoms with Crippen molar-refractivity contribution in [1.29, 1.82) is 0 Å². The highest BCUT2D eigenvalue weighted by Gasteiger charge is 2.14. The summed E-state index contributed by atoms with van der Waals surface area (Å²) in [5.41, 5.74) is 6.75. The third-order valence-corrected chi connectivity index (χ3v) is 3.65. The van der Waals surface area contributed by atoms with Crippen LogP contribution in [0.5, 0.6) is 0 Å². The molecule has 1 atom stereocenters. The molecule has 1 aliphatic rings. The van der Waals surface area contributed by atoms with Crippen LogP contribution in [0.2, 0.25) is 0 Å². The number of thioether (sulfide) groups is 1. The summed E-state index contributed by atoms with van der Waals surface area (Å²) in [4.78, 5) is 12.1. The second-order valence-corrected chi connectivity index (χ2v) is 4.96. The molecule has 0 spiro atoms. The van der Waals surface area contributed by atoms with E-state index in [4.69, 9.17) is 5.73 Å². The maximum atomic E-state index is 12.9. The van der Waals surface area contributed by atoms with Crippen molar-refractivity contribution in [2.75, 3.05) is 12.8 Å². The Kier molecular flexibility index (Phi) is 3.72. The van der Waals surface area contributed by atoms with E-state index in [1.807, 2.05) is 0 Å². The van der Waals surface area contributed by atoms with Crippen molar-refractivity contribution in [2.45, 2.75) is 10.1 Å². The molecular formula is C13H12FNO2S. The van der Waals surface area contributed by atoms with Crippen LogP contribution >= 0.6 is 11.8 Å². The quantitative estimate of drug-likeness (QED) is 0.674. The summed E-state index contributed by atoms with van der Waals surface area (Å²) in [6.45, 7) is 0. The molecule has 5 heteroatoms. The minimum atomic E-state index is -0.426. The van der Waals surface area contributed by atoms with Gasteiger partial charge in [-0.2, -0.15) is 0 Å². The first-order chi connectivity index (χ1) is 8.60. The molecule has 2 N–H and O–H groups in total. The number of carbonyl (C=O) groups is 1. The predicted octanol–water partition coefficient (Wildman–Crippen LogP) is 2.94. The van der Waals surface area contributed by atoms with Crippen LogP contribution in [0.4, 0.5) is 10.1 Å². The molecule has 3 nitrogen and oxygen atoms in total. The summed E-state index contributed by atoms with van der Waals surface area (Å²) in [5, 5.41) is -0.0590. The van der Waals surface area contributed by atoms with Crippen LogP contribution in [0.3, 0.4) is 0 Å². The third-order valence-electron chi connectivity index (χ3n) is 2.46. The van der Waals surface area contributed by atoms with E-state index in [2.05, 4.69) is 4.74 Å². The average molecular weight is 265 g/mol. The van der Waals surface area contributed by atoms with Gasteiger partial charge in [0, 0.05) is 15.8 Å². The van der Waals surface area contributed by atoms with Gasteiger partial charge in [0.15, 0.2) is 0 Å². The molecule has 18 heavy (non-hydrogen) atoms. The van der Waals surface area contributed by atoms with E-state index in [1.54, 1.807) is 24.3 Å². The number of methoxy groups -OCH3 is 1. The molecule has 0 saturated carbocycles. The number of carbonyl (C=O) groups excluding carboxylic acids is 1. The fourth-order valence-corrected chi connectivity index (χ4v) is 2.57. The second-order valence-electron chi connectivity index (χ2n) is 3.74. The summed E-state index contributed by atoms with van der Waals surface area (Å²) >= 11 is 1.43. The van der Waals surface area contributed by atoms with Crippen molar-refractivity contribution >= 4 is 23.4 Å². The van der Waals surface area contributed by atoms with Gasteiger partial charge in [0.25, 0.3) is 0 Å². The SMILES string of the molecule is COC(=O)c1ccc(SC2C=CC(F)=C2)c(N)c1. The number of halogens is 1. The van der Waals surface area contributed by atoms with Gasteiger partial charge in [0.1, 0.15) is 5.83 Å². The lowest BCUT2D eigenvalue weighted by Gasteiger charge is -2.09. The minimum absolute atomic E-state index is 0.0590. The Morgan fingerprint density at radius 3 is 2.83 bits per heavy atom. The molecule has 1 aromatic carbocycles. The maximum absolute atomic E-state index is 12.9. The Morgan fingerprint density at radius 1 is 1.50 bits per heavy atom. The Morgan fingerprint density at radius 2 is 2.28 bits per heavy atom. The summed E-state index contributed by atoms with van der Waals surface area (Å²) in [5.74, 6) is -0.665. The van der Waals surface area contributed by atoms with Crippen LogP contribution in [0.25, 0.3) is 0 Å². The first kappa shape index (κ1) is 12.7. The van der Waals surface area contributed by atoms with Gasteiger partial charge in [-0.25, -0.2) is 9.18 Å². The first-order valence-electron chi connectivity index (χ1n) is 5.30. The molecule has 1 aliphatic carbocycles. The standard InChI is InChI=1S/C13H12FNO2S/c1-17-13(16)8-2-5-12(11(15)6-8)18-10-4-3-9(14)7-10/h2-7,10H,15H2,1H3. The zero-order valence-corrected chi connectivity index (χ0v) is 10.5. The molecule has 0 amide bonds. The number of hydrogen-bond acceptors (Lipinski definition) is 4. The lowest BCUT2D eigenvalue weighted by atomic mass is 10.2. The van der Waals surface area contributed by atoms with Crippen molar-refractivity contribution < 1.29 is 13.9 Å². The van der Waals surface area contributed by atoms with Gasteiger partial charge in [-0.05, 0) is 30.4 Å². The molecule has 0 radical (unpaired) electrons. The fraction of sp³-hybridized carbons (Fsp3) is 0.154. The highest BCUT2D eigenvalue weighted by atomic mass is 32.2. The summed E-state index contributed by atoms with van der Waals surface area (Å²) in [7, 11) is 1.32. The number of nitrogen functional groups attached to an aromatic ring is 1. The first-order valence-corrected chi connectivity index (χ1v) is 6.18. The van der Waals surface area contributed by atoms with Crippen molar-refractivity contribution in [3.63, 3.8) is 0 Å². The molecule has 94 valence electrons. The van der Waals surface area contributed by atoms with Crippen LogP contribution in [0.15, 0.2) is 47.1 Å². The number of ether oxygens (including phenoxy) is 1. The molecule has 0 heterocycles. The molecule has 2 rings (SSSR count). The van der Waals surface area contributed by atoms with E-state index in [0.717, 1.165) is 4.90 Å². The van der Waals surface area contributed by atoms with Crippen molar-refractivity contribution in [3.8, 4) is 0 Å². The van der Waals surface area contributed by atoms with Crippen LogP contribution < -0.4 is 5.73 Å². The highest BCUT2D eigenvalue weighted by molar-refractivity contribution is 8.00. The number of benzene rings is 1. The van der Waals surface area contributed by atoms with E-state index < -0.39 is 5.97 Å². The van der Waals surface area contributed by atoms with E-state index in [1.165, 1.54) is 31.0 Å². The minimum Gasteiger partial charge on any atom is -0.465 e. The van der Waals surface area contributed by atoms with Gasteiger partial charge >= 0.3 is 5.97 Å². The molecule has 0 aliphatic heterocycles. The van der Waals surface area contributed by atoms with Gasteiger partial charge in [-0.1, -0.05) is 6.08 Å². The molecular weight excluding hydrogens is 253 g/mol. The van der Waals surface area contributed by atoms with Crippen LogP contribution in [-0.2, 0) is 4.74 Å². The summed E-state index contributed by atoms with van der Waals surface area (Å²) in [6.07, 6.45) is 4.70.